The molecule has 0 unspecified atom stereocenters. The zero-order valence-corrected chi connectivity index (χ0v) is 11.2. The quantitative estimate of drug-likeness (QED) is 0.741. The molecule has 21 heavy (non-hydrogen) atoms. The topological polar surface area (TPSA) is 115 Å². The van der Waals surface area contributed by atoms with Crippen LogP contribution in [0.3, 0.4) is 0 Å². The summed E-state index contributed by atoms with van der Waals surface area (Å²) in [5.74, 6) is 0.556. The van der Waals surface area contributed by atoms with Crippen molar-refractivity contribution in [2.45, 2.75) is 0 Å². The van der Waals surface area contributed by atoms with Crippen LogP contribution in [0.1, 0.15) is 10.6 Å². The minimum Gasteiger partial charge on any atom is -0.497 e. The van der Waals surface area contributed by atoms with Gasteiger partial charge in [0.2, 0.25) is 11.7 Å². The van der Waals surface area contributed by atoms with Crippen molar-refractivity contribution < 1.29 is 18.7 Å². The lowest BCUT2D eigenvalue weighted by atomic mass is 10.2. The van der Waals surface area contributed by atoms with E-state index in [1.54, 1.807) is 25.3 Å². The molecule has 0 radical (unpaired) electrons. The van der Waals surface area contributed by atoms with Crippen LogP contribution in [0.4, 0.5) is 5.95 Å². The maximum Gasteiger partial charge on any atom is 0.297 e. The second kappa shape index (κ2) is 5.12. The van der Waals surface area contributed by atoms with Gasteiger partial charge in [0.05, 0.1) is 19.6 Å². The first-order chi connectivity index (χ1) is 10.2. The lowest BCUT2D eigenvalue weighted by Crippen LogP contribution is -2.13. The molecule has 3 aromatic rings. The smallest absolute Gasteiger partial charge is 0.297 e. The molecule has 0 aliphatic heterocycles. The Morgan fingerprint density at radius 1 is 1.33 bits per heavy atom. The number of H-pyrrole nitrogens is 1. The van der Waals surface area contributed by atoms with Gasteiger partial charge in [0.15, 0.2) is 5.75 Å². The number of nitrogens with zero attached hydrogens (tertiary/aromatic N) is 3. The fraction of sp³-hybridized carbons (Fsp3) is 0.167. The Morgan fingerprint density at radius 3 is 2.86 bits per heavy atom. The Labute approximate surface area is 118 Å². The van der Waals surface area contributed by atoms with Gasteiger partial charge in [0.1, 0.15) is 11.3 Å². The molecular formula is C12H11N5O4. The molecule has 0 spiro atoms. The van der Waals surface area contributed by atoms with Gasteiger partial charge >= 0.3 is 0 Å². The normalized spacial score (nSPS) is 10.6. The highest BCUT2D eigenvalue weighted by Gasteiger charge is 2.22. The first-order valence-electron chi connectivity index (χ1n) is 5.92. The summed E-state index contributed by atoms with van der Waals surface area (Å²) < 4.78 is 15.9. The highest BCUT2D eigenvalue weighted by Crippen LogP contribution is 2.35. The van der Waals surface area contributed by atoms with Crippen LogP contribution < -0.4 is 14.8 Å². The van der Waals surface area contributed by atoms with Crippen molar-refractivity contribution in [3.05, 3.63) is 24.0 Å². The number of amides is 1. The highest BCUT2D eigenvalue weighted by molar-refractivity contribution is 6.07. The van der Waals surface area contributed by atoms with E-state index in [2.05, 4.69) is 25.9 Å². The van der Waals surface area contributed by atoms with E-state index < -0.39 is 5.91 Å². The van der Waals surface area contributed by atoms with Crippen LogP contribution in [-0.4, -0.2) is 40.8 Å². The summed E-state index contributed by atoms with van der Waals surface area (Å²) in [6, 6.07) is 5.18. The number of anilines is 1. The van der Waals surface area contributed by atoms with Crippen molar-refractivity contribution in [3.63, 3.8) is 0 Å². The van der Waals surface area contributed by atoms with Gasteiger partial charge in [0.25, 0.3) is 5.91 Å². The minimum atomic E-state index is -0.527. The fourth-order valence-electron chi connectivity index (χ4n) is 1.91. The predicted octanol–water partition coefficient (Wildman–Crippen LogP) is 1.22. The van der Waals surface area contributed by atoms with Crippen molar-refractivity contribution in [2.24, 2.45) is 0 Å². The summed E-state index contributed by atoms with van der Waals surface area (Å²) in [5.41, 5.74) is 0.479. The number of benzene rings is 1. The summed E-state index contributed by atoms with van der Waals surface area (Å²) in [6.45, 7) is 0. The van der Waals surface area contributed by atoms with Gasteiger partial charge in [-0.15, -0.1) is 0 Å². The number of fused-ring (bicyclic) bond motifs is 1. The van der Waals surface area contributed by atoms with Crippen molar-refractivity contribution in [1.82, 2.24) is 20.6 Å². The third-order valence-electron chi connectivity index (χ3n) is 2.84. The average Bonchev–Trinajstić information content (AvgIpc) is 3.12. The molecule has 108 valence electrons. The van der Waals surface area contributed by atoms with E-state index in [1.165, 1.54) is 7.11 Å². The molecule has 0 aliphatic carbocycles. The van der Waals surface area contributed by atoms with Crippen LogP contribution in [0.25, 0.3) is 11.0 Å². The molecule has 0 saturated heterocycles. The largest absolute Gasteiger partial charge is 0.497 e. The monoisotopic (exact) mass is 289 g/mol. The number of nitrogens with one attached hydrogen (secondary N) is 2. The molecule has 2 N–H and O–H groups in total. The second-order valence-electron chi connectivity index (χ2n) is 4.03. The van der Waals surface area contributed by atoms with Gasteiger partial charge in [-0.1, -0.05) is 5.10 Å². The predicted molar refractivity (Wildman–Crippen MR) is 71.4 cm³/mol. The molecule has 0 fully saturated rings. The summed E-state index contributed by atoms with van der Waals surface area (Å²) >= 11 is 0. The van der Waals surface area contributed by atoms with E-state index in [0.29, 0.717) is 22.5 Å². The Morgan fingerprint density at radius 2 is 2.19 bits per heavy atom. The van der Waals surface area contributed by atoms with Gasteiger partial charge < -0.3 is 13.9 Å². The minimum absolute atomic E-state index is 0.0251. The Bertz CT molecular complexity index is 780. The third kappa shape index (κ3) is 2.24. The second-order valence-corrected chi connectivity index (χ2v) is 4.03. The molecular weight excluding hydrogens is 278 g/mol. The van der Waals surface area contributed by atoms with Gasteiger partial charge in [0, 0.05) is 6.07 Å². The molecule has 9 heteroatoms. The van der Waals surface area contributed by atoms with E-state index in [-0.39, 0.29) is 11.7 Å². The van der Waals surface area contributed by atoms with Crippen LogP contribution in [0.15, 0.2) is 22.6 Å². The van der Waals surface area contributed by atoms with E-state index >= 15 is 0 Å². The van der Waals surface area contributed by atoms with Gasteiger partial charge in [-0.3, -0.25) is 10.1 Å². The molecule has 0 saturated carbocycles. The number of aromatic amines is 1. The van der Waals surface area contributed by atoms with Gasteiger partial charge in [-0.05, 0) is 22.6 Å². The van der Waals surface area contributed by atoms with E-state index in [1.807, 2.05) is 0 Å². The molecule has 1 amide bonds. The molecule has 0 atom stereocenters. The Balaban J connectivity index is 2.02. The van der Waals surface area contributed by atoms with Gasteiger partial charge in [-0.2, -0.15) is 0 Å². The molecule has 3 rings (SSSR count). The highest BCUT2D eigenvalue weighted by atomic mass is 16.5. The number of tetrazole rings is 1. The lowest BCUT2D eigenvalue weighted by Gasteiger charge is -2.01. The summed E-state index contributed by atoms with van der Waals surface area (Å²) in [7, 11) is 3.01. The molecule has 0 bridgehead atoms. The Kier molecular flexibility index (Phi) is 3.14. The first-order valence-corrected chi connectivity index (χ1v) is 5.92. The number of rotatable bonds is 4. The summed E-state index contributed by atoms with van der Waals surface area (Å²) in [4.78, 5) is 12.2. The average molecular weight is 289 g/mol. The summed E-state index contributed by atoms with van der Waals surface area (Å²) in [6.07, 6.45) is 0. The lowest BCUT2D eigenvalue weighted by molar-refractivity contribution is 0.0994. The standard InChI is InChI=1S/C12H11N5O4/c1-19-6-3-4-7-8(5-6)21-10(9(7)20-2)11(18)13-12-14-16-17-15-12/h3-5H,1-2H3,(H2,13,14,15,16,17,18). The van der Waals surface area contributed by atoms with Crippen LogP contribution in [0, 0.1) is 0 Å². The van der Waals surface area contributed by atoms with Crippen molar-refractivity contribution in [1.29, 1.82) is 0 Å². The molecule has 0 aliphatic rings. The molecule has 9 nitrogen and oxygen atoms in total. The number of furan rings is 1. The van der Waals surface area contributed by atoms with Crippen molar-refractivity contribution in [2.75, 3.05) is 19.5 Å². The number of hydrogen-bond acceptors (Lipinski definition) is 7. The van der Waals surface area contributed by atoms with E-state index in [4.69, 9.17) is 13.9 Å². The van der Waals surface area contributed by atoms with Crippen molar-refractivity contribution in [3.8, 4) is 11.5 Å². The molecule has 2 heterocycles. The molecule has 1 aromatic carbocycles. The number of aromatic nitrogens is 4. The number of carbonyl (C=O) groups excluding carboxylic acids is 1. The summed E-state index contributed by atoms with van der Waals surface area (Å²) in [5, 5.41) is 15.8. The number of carbonyl (C=O) groups is 1. The fourth-order valence-corrected chi connectivity index (χ4v) is 1.91. The number of methoxy groups -OCH3 is 2. The first kappa shape index (κ1) is 12.9. The van der Waals surface area contributed by atoms with E-state index in [9.17, 15) is 4.79 Å². The zero-order chi connectivity index (χ0) is 14.8. The van der Waals surface area contributed by atoms with Crippen LogP contribution >= 0.6 is 0 Å². The third-order valence-corrected chi connectivity index (χ3v) is 2.84. The zero-order valence-electron chi connectivity index (χ0n) is 11.2. The SMILES string of the molecule is COc1ccc2c(OC)c(C(=O)Nc3nnn[nH]3)oc2c1. The number of hydrogen-bond donors (Lipinski definition) is 2. The van der Waals surface area contributed by atoms with E-state index in [0.717, 1.165) is 0 Å². The van der Waals surface area contributed by atoms with Crippen LogP contribution in [0.5, 0.6) is 11.5 Å². The molecule has 2 aromatic heterocycles. The van der Waals surface area contributed by atoms with Crippen LogP contribution in [0.2, 0.25) is 0 Å². The maximum absolute atomic E-state index is 12.2. The number of ether oxygens (including phenoxy) is 2. The van der Waals surface area contributed by atoms with Gasteiger partial charge in [-0.25, -0.2) is 5.10 Å². The Hall–Kier alpha value is -3.10. The van der Waals surface area contributed by atoms with Crippen molar-refractivity contribution >= 4 is 22.8 Å². The maximum atomic E-state index is 12.2. The van der Waals surface area contributed by atoms with Crippen LogP contribution in [-0.2, 0) is 0 Å².